The van der Waals surface area contributed by atoms with E-state index in [0.717, 1.165) is 91.5 Å². The van der Waals surface area contributed by atoms with E-state index in [9.17, 15) is 0 Å². The van der Waals surface area contributed by atoms with Gasteiger partial charge >= 0.3 is 0 Å². The molecule has 0 aliphatic heterocycles. The minimum absolute atomic E-state index is 0.574. The zero-order valence-electron chi connectivity index (χ0n) is 33.6. The van der Waals surface area contributed by atoms with Gasteiger partial charge in [0, 0.05) is 54.9 Å². The van der Waals surface area contributed by atoms with Crippen LogP contribution in [0.5, 0.6) is 0 Å². The Labute approximate surface area is 401 Å². The maximum Gasteiger partial charge on any atom is 0.164 e. The quantitative estimate of drug-likeness (QED) is 0.128. The van der Waals surface area contributed by atoms with Gasteiger partial charge in [-0.15, -0.1) is 0 Å². The minimum atomic E-state index is 0.574. The summed E-state index contributed by atoms with van der Waals surface area (Å²) in [4.78, 5) is 26.5. The third-order valence-electron chi connectivity index (χ3n) is 11.0. The number of rotatable bonds is 10. The second kappa shape index (κ2) is 17.8. The highest BCUT2D eigenvalue weighted by atomic mass is 127. The molecule has 0 unspecified atom stereocenters. The lowest BCUT2D eigenvalue weighted by Crippen LogP contribution is -2.04. The molecule has 3 aromatic heterocycles. The number of unbranched alkanes of at least 4 members (excludes halogenated alkanes) is 1. The molecule has 0 N–H and O–H groups in total. The molecule has 10 aromatic rings. The summed E-state index contributed by atoms with van der Waals surface area (Å²) in [6.07, 6.45) is 3.25. The van der Waals surface area contributed by atoms with E-state index < -0.39 is 0 Å². The summed E-state index contributed by atoms with van der Waals surface area (Å²) in [6.45, 7) is 2.23. The van der Waals surface area contributed by atoms with Gasteiger partial charge in [0.05, 0.1) is 28.1 Å². The van der Waals surface area contributed by atoms with Gasteiger partial charge in [-0.1, -0.05) is 110 Å². The molecule has 0 fully saturated rings. The van der Waals surface area contributed by atoms with Gasteiger partial charge in [0.25, 0.3) is 0 Å². The van der Waals surface area contributed by atoms with Crippen molar-refractivity contribution in [1.82, 2.24) is 29.5 Å². The highest BCUT2D eigenvalue weighted by Crippen LogP contribution is 2.39. The first-order chi connectivity index (χ1) is 30.4. The van der Waals surface area contributed by atoms with E-state index in [-0.39, 0.29) is 0 Å². The average Bonchev–Trinajstić information content (AvgIpc) is 3.64. The molecule has 0 spiro atoms. The van der Waals surface area contributed by atoms with Crippen molar-refractivity contribution in [2.45, 2.75) is 26.2 Å². The highest BCUT2D eigenvalue weighted by molar-refractivity contribution is 14.1. The molecule has 7 aromatic carbocycles. The summed E-state index contributed by atoms with van der Waals surface area (Å²) in [5, 5.41) is 2.36. The molecule has 0 aliphatic carbocycles. The van der Waals surface area contributed by atoms with Gasteiger partial charge in [-0.3, -0.25) is 0 Å². The van der Waals surface area contributed by atoms with Crippen LogP contribution in [0.4, 0.5) is 0 Å². The fourth-order valence-corrected chi connectivity index (χ4v) is 10.7. The molecule has 0 atom stereocenters. The third kappa shape index (κ3) is 8.29. The van der Waals surface area contributed by atoms with Gasteiger partial charge < -0.3 is 4.57 Å². The van der Waals surface area contributed by atoms with Crippen molar-refractivity contribution in [3.63, 3.8) is 0 Å². The Morgan fingerprint density at radius 3 is 1.48 bits per heavy atom. The van der Waals surface area contributed by atoms with Gasteiger partial charge in [0.1, 0.15) is 0 Å². The average molecular weight is 1140 g/mol. The molecule has 62 heavy (non-hydrogen) atoms. The first-order valence-corrected chi connectivity index (χ1v) is 23.8. The maximum atomic E-state index is 5.38. The van der Waals surface area contributed by atoms with Crippen LogP contribution in [-0.4, -0.2) is 29.5 Å². The number of hydrogen-bond donors (Lipinski definition) is 0. The van der Waals surface area contributed by atoms with Gasteiger partial charge in [0.15, 0.2) is 23.3 Å². The fourth-order valence-electron chi connectivity index (χ4n) is 8.06. The number of hydrogen-bond acceptors (Lipinski definition) is 5. The van der Waals surface area contributed by atoms with Crippen LogP contribution in [0.2, 0.25) is 0 Å². The molecular weight excluding hydrogens is 1100 g/mol. The van der Waals surface area contributed by atoms with Crippen LogP contribution in [-0.2, 0) is 6.42 Å². The summed E-state index contributed by atoms with van der Waals surface area (Å²) >= 11 is 7.16. The number of benzene rings is 7. The van der Waals surface area contributed by atoms with Crippen molar-refractivity contribution in [1.29, 1.82) is 0 Å². The zero-order chi connectivity index (χ0) is 42.2. The van der Waals surface area contributed by atoms with E-state index in [1.165, 1.54) is 16.3 Å². The highest BCUT2D eigenvalue weighted by Gasteiger charge is 2.22. The van der Waals surface area contributed by atoms with E-state index in [0.29, 0.717) is 23.3 Å². The van der Waals surface area contributed by atoms with Crippen molar-refractivity contribution >= 4 is 89.6 Å². The van der Waals surface area contributed by atoms with Crippen LogP contribution in [0.1, 0.15) is 25.3 Å². The van der Waals surface area contributed by atoms with Gasteiger partial charge in [0.2, 0.25) is 0 Å². The number of fused-ring (bicyclic) bond motifs is 3. The molecule has 0 saturated carbocycles. The predicted molar refractivity (Wildman–Crippen MR) is 279 cm³/mol. The van der Waals surface area contributed by atoms with Crippen molar-refractivity contribution in [3.05, 3.63) is 186 Å². The largest absolute Gasteiger partial charge is 0.309 e. The molecule has 6 nitrogen and oxygen atoms in total. The smallest absolute Gasteiger partial charge is 0.164 e. The SMILES string of the molecule is CCCCc1cc(I)cc(-c2nc(-c3cc(I)cc(I)c3)nc(-c3ccc(-n4c5ccccc5c5ccccc54)c(-c4nc(-c5ccccc5)cc(-c5ccccc5)n4)c3)n2)c1. The molecule has 0 radical (unpaired) electrons. The summed E-state index contributed by atoms with van der Waals surface area (Å²) in [6, 6.07) is 59.5. The molecule has 9 heteroatoms. The Hall–Kier alpha value is -5.38. The predicted octanol–water partition coefficient (Wildman–Crippen LogP) is 14.9. The Balaban J connectivity index is 1.26. The first-order valence-electron chi connectivity index (χ1n) is 20.5. The summed E-state index contributed by atoms with van der Waals surface area (Å²) in [5.74, 6) is 2.43. The molecule has 10 rings (SSSR count). The van der Waals surface area contributed by atoms with E-state index in [2.05, 4.69) is 237 Å². The zero-order valence-corrected chi connectivity index (χ0v) is 40.1. The lowest BCUT2D eigenvalue weighted by atomic mass is 10.0. The second-order valence-corrected chi connectivity index (χ2v) is 18.9. The second-order valence-electron chi connectivity index (χ2n) is 15.2. The molecule has 3 heterocycles. The van der Waals surface area contributed by atoms with E-state index in [1.54, 1.807) is 0 Å². The number of para-hydroxylation sites is 2. The molecular formula is C53H37I3N6. The van der Waals surface area contributed by atoms with Gasteiger partial charge in [-0.2, -0.15) is 0 Å². The molecule has 0 amide bonds. The van der Waals surface area contributed by atoms with Crippen molar-refractivity contribution < 1.29 is 0 Å². The van der Waals surface area contributed by atoms with Crippen LogP contribution >= 0.6 is 67.8 Å². The Morgan fingerprint density at radius 2 is 0.919 bits per heavy atom. The number of aryl methyl sites for hydroxylation is 1. The summed E-state index contributed by atoms with van der Waals surface area (Å²) in [5.41, 5.74) is 11.7. The topological polar surface area (TPSA) is 69.4 Å². The van der Waals surface area contributed by atoms with Gasteiger partial charge in [-0.25, -0.2) is 24.9 Å². The van der Waals surface area contributed by atoms with E-state index in [1.807, 2.05) is 12.1 Å². The normalized spacial score (nSPS) is 11.4. The minimum Gasteiger partial charge on any atom is -0.309 e. The molecule has 0 bridgehead atoms. The van der Waals surface area contributed by atoms with Crippen molar-refractivity contribution in [3.8, 4) is 73.8 Å². The fraction of sp³-hybridized carbons (Fsp3) is 0.0755. The van der Waals surface area contributed by atoms with Crippen molar-refractivity contribution in [2.24, 2.45) is 0 Å². The number of nitrogens with zero attached hydrogens (tertiary/aromatic N) is 6. The standard InChI is InChI=1S/C53H37I3N6/c1-2-3-14-33-25-37(27-39(54)26-33)51-59-50(60-52(61-51)38-28-40(55)31-41(56)29-38)36-23-24-49(62-47-21-12-10-19-42(47)43-20-11-13-22-48(43)62)44(30-36)53-57-45(34-15-6-4-7-16-34)32-46(58-53)35-17-8-5-9-18-35/h4-13,15-32H,2-3,14H2,1H3. The lowest BCUT2D eigenvalue weighted by molar-refractivity contribution is 0.795. The van der Waals surface area contributed by atoms with Crippen LogP contribution in [0.3, 0.4) is 0 Å². The number of aromatic nitrogens is 6. The molecule has 0 saturated heterocycles. The summed E-state index contributed by atoms with van der Waals surface area (Å²) in [7, 11) is 0. The Morgan fingerprint density at radius 1 is 0.419 bits per heavy atom. The summed E-state index contributed by atoms with van der Waals surface area (Å²) < 4.78 is 5.73. The van der Waals surface area contributed by atoms with Crippen LogP contribution in [0, 0.1) is 10.7 Å². The third-order valence-corrected chi connectivity index (χ3v) is 12.8. The Kier molecular flexibility index (Phi) is 11.7. The van der Waals surface area contributed by atoms with Crippen molar-refractivity contribution in [2.75, 3.05) is 0 Å². The van der Waals surface area contributed by atoms with Gasteiger partial charge in [-0.05, 0) is 159 Å². The maximum absolute atomic E-state index is 5.38. The monoisotopic (exact) mass is 1140 g/mol. The van der Waals surface area contributed by atoms with E-state index in [4.69, 9.17) is 24.9 Å². The Bertz CT molecular complexity index is 3140. The molecule has 0 aliphatic rings. The van der Waals surface area contributed by atoms with Crippen LogP contribution < -0.4 is 0 Å². The van der Waals surface area contributed by atoms with E-state index >= 15 is 0 Å². The van der Waals surface area contributed by atoms with Crippen LogP contribution in [0.15, 0.2) is 170 Å². The number of halogens is 3. The molecule has 300 valence electrons. The first kappa shape index (κ1) is 40.7. The lowest BCUT2D eigenvalue weighted by Gasteiger charge is -2.17. The van der Waals surface area contributed by atoms with Crippen LogP contribution in [0.25, 0.3) is 95.6 Å².